The fourth-order valence-corrected chi connectivity index (χ4v) is 5.71. The van der Waals surface area contributed by atoms with Crippen LogP contribution >= 0.6 is 0 Å². The van der Waals surface area contributed by atoms with Gasteiger partial charge >= 0.3 is 0 Å². The van der Waals surface area contributed by atoms with Gasteiger partial charge in [-0.3, -0.25) is 9.59 Å². The third kappa shape index (κ3) is 10.3. The Morgan fingerprint density at radius 1 is 1.06 bits per heavy atom. The van der Waals surface area contributed by atoms with E-state index in [0.717, 1.165) is 32.4 Å². The molecule has 0 aliphatic carbocycles. The summed E-state index contributed by atoms with van der Waals surface area (Å²) in [5.41, 5.74) is 2.52. The number of amides is 2. The minimum Gasteiger partial charge on any atom is -0.354 e. The van der Waals surface area contributed by atoms with E-state index in [2.05, 4.69) is 47.1 Å². The van der Waals surface area contributed by atoms with E-state index in [1.807, 2.05) is 13.8 Å². The van der Waals surface area contributed by atoms with Gasteiger partial charge < -0.3 is 16.0 Å². The Morgan fingerprint density at radius 2 is 1.74 bits per heavy atom. The van der Waals surface area contributed by atoms with Gasteiger partial charge in [-0.1, -0.05) is 57.9 Å². The van der Waals surface area contributed by atoms with E-state index in [4.69, 9.17) is 0 Å². The van der Waals surface area contributed by atoms with Crippen molar-refractivity contribution in [3.05, 3.63) is 35.4 Å². The second-order valence-corrected chi connectivity index (χ2v) is 10.2. The Kier molecular flexibility index (Phi) is 13.1. The van der Waals surface area contributed by atoms with E-state index >= 15 is 0 Å². The van der Waals surface area contributed by atoms with Crippen LogP contribution in [0, 0.1) is 0 Å². The van der Waals surface area contributed by atoms with Crippen LogP contribution in [0.5, 0.6) is 0 Å². The molecule has 3 N–H and O–H groups in total. The topological polar surface area (TPSA) is 104 Å². The fraction of sp³-hybridized carbons (Fsp3) is 0.652. The van der Waals surface area contributed by atoms with Crippen molar-refractivity contribution < 1.29 is 18.0 Å². The number of benzene rings is 1. The molecule has 176 valence electrons. The highest BCUT2D eigenvalue weighted by Gasteiger charge is 2.30. The van der Waals surface area contributed by atoms with Gasteiger partial charge in [0.05, 0.1) is 11.0 Å². The summed E-state index contributed by atoms with van der Waals surface area (Å²) in [7, 11) is -3.48. The lowest BCUT2D eigenvalue weighted by Gasteiger charge is -2.21. The summed E-state index contributed by atoms with van der Waals surface area (Å²) in [6.07, 6.45) is 4.75. The lowest BCUT2D eigenvalue weighted by molar-refractivity contribution is -0.124. The molecule has 0 fully saturated rings. The summed E-state index contributed by atoms with van der Waals surface area (Å²) in [6.45, 7) is 7.90. The van der Waals surface area contributed by atoms with Crippen LogP contribution in [-0.2, 0) is 32.4 Å². The number of aryl methyl sites for hydroxylation is 1. The maximum Gasteiger partial charge on any atom is 0.243 e. The van der Waals surface area contributed by atoms with E-state index in [-0.39, 0.29) is 5.75 Å². The van der Waals surface area contributed by atoms with E-state index in [0.29, 0.717) is 32.2 Å². The van der Waals surface area contributed by atoms with Gasteiger partial charge in [0.1, 0.15) is 6.04 Å². The molecule has 1 aromatic rings. The molecule has 0 aliphatic heterocycles. The summed E-state index contributed by atoms with van der Waals surface area (Å²) >= 11 is 0. The summed E-state index contributed by atoms with van der Waals surface area (Å²) in [5, 5.41) is 7.99. The number of hydrogen-bond acceptors (Lipinski definition) is 5. The summed E-state index contributed by atoms with van der Waals surface area (Å²) < 4.78 is 25.5. The molecule has 1 unspecified atom stereocenters. The van der Waals surface area contributed by atoms with Crippen LogP contribution in [0.3, 0.4) is 0 Å². The number of carbonyl (C=O) groups is 2. The molecule has 0 aromatic heterocycles. The highest BCUT2D eigenvalue weighted by atomic mass is 32.2. The van der Waals surface area contributed by atoms with E-state index in [9.17, 15) is 18.0 Å². The number of sulfone groups is 1. The monoisotopic (exact) mass is 453 g/mol. The largest absolute Gasteiger partial charge is 0.354 e. The lowest BCUT2D eigenvalue weighted by atomic mass is 10.1. The molecule has 7 nitrogen and oxygen atoms in total. The molecule has 0 spiro atoms. The van der Waals surface area contributed by atoms with Crippen LogP contribution in [0.4, 0.5) is 0 Å². The van der Waals surface area contributed by atoms with Crippen molar-refractivity contribution in [1.29, 1.82) is 0 Å². The zero-order chi connectivity index (χ0) is 23.1. The Morgan fingerprint density at radius 3 is 2.35 bits per heavy atom. The van der Waals surface area contributed by atoms with Crippen molar-refractivity contribution in [1.82, 2.24) is 16.0 Å². The van der Waals surface area contributed by atoms with Crippen LogP contribution in [0.25, 0.3) is 0 Å². The van der Waals surface area contributed by atoms with Crippen molar-refractivity contribution in [2.45, 2.75) is 77.1 Å². The first-order chi connectivity index (χ1) is 14.9. The van der Waals surface area contributed by atoms with Crippen molar-refractivity contribution >= 4 is 22.2 Å². The summed E-state index contributed by atoms with van der Waals surface area (Å²) in [6, 6.07) is 7.35. The Bertz CT molecular complexity index is 762. The minimum absolute atomic E-state index is 0.367. The molecule has 0 heterocycles. The average molecular weight is 454 g/mol. The first-order valence-corrected chi connectivity index (χ1v) is 13.1. The molecule has 8 heteroatoms. The minimum atomic E-state index is -3.48. The van der Waals surface area contributed by atoms with Gasteiger partial charge in [0.2, 0.25) is 12.3 Å². The molecule has 0 saturated heterocycles. The number of hydrogen-bond donors (Lipinski definition) is 3. The molecule has 2 amide bonds. The third-order valence-corrected chi connectivity index (χ3v) is 7.56. The average Bonchev–Trinajstić information content (AvgIpc) is 2.75. The van der Waals surface area contributed by atoms with Crippen LogP contribution in [0.1, 0.15) is 64.0 Å². The SMILES string of the molecule is CCCC(CCC)S(=O)(=O)CC(NC=O)C(=O)NCCCNCc1cccc(CC)c1. The van der Waals surface area contributed by atoms with Gasteiger partial charge in [-0.05, 0) is 43.4 Å². The van der Waals surface area contributed by atoms with Crippen molar-refractivity contribution in [3.63, 3.8) is 0 Å². The van der Waals surface area contributed by atoms with Gasteiger partial charge in [-0.2, -0.15) is 0 Å². The predicted octanol–water partition coefficient (Wildman–Crippen LogP) is 2.34. The first kappa shape index (κ1) is 27.1. The smallest absolute Gasteiger partial charge is 0.243 e. The standard InChI is InChI=1S/C23H39N3O4S/c1-4-9-21(10-5-2)31(29,30)17-22(26-18-27)23(28)25-14-8-13-24-16-20-12-7-11-19(6-3)15-20/h7,11-12,15,18,21-22,24H,4-6,8-10,13-14,16-17H2,1-3H3,(H,25,28)(H,26,27). The van der Waals surface area contributed by atoms with E-state index in [1.165, 1.54) is 11.1 Å². The number of rotatable bonds is 17. The van der Waals surface area contributed by atoms with Crippen molar-refractivity contribution in [2.75, 3.05) is 18.8 Å². The van der Waals surface area contributed by atoms with Crippen LogP contribution < -0.4 is 16.0 Å². The summed E-state index contributed by atoms with van der Waals surface area (Å²) in [4.78, 5) is 23.4. The van der Waals surface area contributed by atoms with Crippen LogP contribution in [-0.4, -0.2) is 50.9 Å². The zero-order valence-corrected chi connectivity index (χ0v) is 20.0. The highest BCUT2D eigenvalue weighted by molar-refractivity contribution is 7.92. The van der Waals surface area contributed by atoms with Gasteiger partial charge in [0, 0.05) is 13.1 Å². The molecule has 31 heavy (non-hydrogen) atoms. The number of carbonyl (C=O) groups excluding carboxylic acids is 2. The lowest BCUT2D eigenvalue weighted by Crippen LogP contribution is -2.49. The van der Waals surface area contributed by atoms with E-state index in [1.54, 1.807) is 0 Å². The predicted molar refractivity (Wildman–Crippen MR) is 126 cm³/mol. The Hall–Kier alpha value is -1.93. The van der Waals surface area contributed by atoms with Gasteiger partial charge in [0.25, 0.3) is 0 Å². The normalized spacial score (nSPS) is 12.5. The second-order valence-electron chi connectivity index (χ2n) is 7.86. The quantitative estimate of drug-likeness (QED) is 0.248. The van der Waals surface area contributed by atoms with Gasteiger partial charge in [-0.25, -0.2) is 8.42 Å². The molecular weight excluding hydrogens is 414 g/mol. The highest BCUT2D eigenvalue weighted by Crippen LogP contribution is 2.16. The molecule has 0 bridgehead atoms. The maximum atomic E-state index is 12.7. The molecule has 0 radical (unpaired) electrons. The van der Waals surface area contributed by atoms with Crippen molar-refractivity contribution in [3.8, 4) is 0 Å². The second kappa shape index (κ2) is 15.0. The van der Waals surface area contributed by atoms with Crippen molar-refractivity contribution in [2.24, 2.45) is 0 Å². The molecule has 0 saturated carbocycles. The van der Waals surface area contributed by atoms with E-state index < -0.39 is 27.0 Å². The maximum absolute atomic E-state index is 12.7. The van der Waals surface area contributed by atoms with Gasteiger partial charge in [0.15, 0.2) is 9.84 Å². The molecule has 1 aromatic carbocycles. The Labute approximate surface area is 187 Å². The molecule has 0 aliphatic rings. The molecule has 1 rings (SSSR count). The number of nitrogens with one attached hydrogen (secondary N) is 3. The zero-order valence-electron chi connectivity index (χ0n) is 19.2. The van der Waals surface area contributed by atoms with Crippen LogP contribution in [0.15, 0.2) is 24.3 Å². The van der Waals surface area contributed by atoms with Gasteiger partial charge in [-0.15, -0.1) is 0 Å². The Balaban J connectivity index is 2.46. The molecular formula is C23H39N3O4S. The molecule has 1 atom stereocenters. The first-order valence-electron chi connectivity index (χ1n) is 11.3. The van der Waals surface area contributed by atoms with Crippen LogP contribution in [0.2, 0.25) is 0 Å². The third-order valence-electron chi connectivity index (χ3n) is 5.27. The summed E-state index contributed by atoms with van der Waals surface area (Å²) in [5.74, 6) is -0.827. The fourth-order valence-electron chi connectivity index (χ4n) is 3.54.